The van der Waals surface area contributed by atoms with Gasteiger partial charge in [-0.2, -0.15) is 0 Å². The molecule has 2 amide bonds. The van der Waals surface area contributed by atoms with Gasteiger partial charge in [0.1, 0.15) is 17.7 Å². The molecule has 0 unspecified atom stereocenters. The number of halogens is 1. The molecule has 144 valence electrons. The van der Waals surface area contributed by atoms with Crippen LogP contribution >= 0.6 is 0 Å². The van der Waals surface area contributed by atoms with E-state index < -0.39 is 23.7 Å². The SMILES string of the molecule is CNC(=O)c1ncc(N[C@H](CC(C)C)C(N)=O)nc1Nc1cncc(F)c1. The smallest absolute Gasteiger partial charge is 0.273 e. The number of primary amides is 1. The second kappa shape index (κ2) is 8.88. The molecule has 0 fully saturated rings. The monoisotopic (exact) mass is 375 g/mol. The van der Waals surface area contributed by atoms with Crippen molar-refractivity contribution in [3.8, 4) is 0 Å². The Morgan fingerprint density at radius 2 is 2.00 bits per heavy atom. The van der Waals surface area contributed by atoms with E-state index in [-0.39, 0.29) is 23.2 Å². The molecule has 0 aliphatic carbocycles. The number of aromatic nitrogens is 3. The third kappa shape index (κ3) is 5.59. The molecule has 0 aliphatic heterocycles. The fraction of sp³-hybridized carbons (Fsp3) is 0.353. The number of nitrogens with one attached hydrogen (secondary N) is 3. The first-order valence-corrected chi connectivity index (χ1v) is 8.32. The van der Waals surface area contributed by atoms with Crippen molar-refractivity contribution >= 4 is 29.1 Å². The molecule has 0 radical (unpaired) electrons. The Balaban J connectivity index is 2.35. The second-order valence-corrected chi connectivity index (χ2v) is 6.28. The highest BCUT2D eigenvalue weighted by atomic mass is 19.1. The van der Waals surface area contributed by atoms with Gasteiger partial charge in [0.25, 0.3) is 5.91 Å². The fourth-order valence-electron chi connectivity index (χ4n) is 2.34. The molecule has 9 nitrogen and oxygen atoms in total. The van der Waals surface area contributed by atoms with Gasteiger partial charge in [-0.1, -0.05) is 13.8 Å². The minimum Gasteiger partial charge on any atom is -0.368 e. The van der Waals surface area contributed by atoms with Gasteiger partial charge in [0.15, 0.2) is 11.5 Å². The van der Waals surface area contributed by atoms with Crippen molar-refractivity contribution in [2.24, 2.45) is 11.7 Å². The van der Waals surface area contributed by atoms with Crippen molar-refractivity contribution < 1.29 is 14.0 Å². The lowest BCUT2D eigenvalue weighted by molar-refractivity contribution is -0.119. The summed E-state index contributed by atoms with van der Waals surface area (Å²) in [5, 5.41) is 8.20. The summed E-state index contributed by atoms with van der Waals surface area (Å²) in [4.78, 5) is 35.8. The molecule has 0 aliphatic rings. The van der Waals surface area contributed by atoms with E-state index in [1.807, 2.05) is 13.8 Å². The lowest BCUT2D eigenvalue weighted by Gasteiger charge is -2.19. The molecule has 0 spiro atoms. The van der Waals surface area contributed by atoms with Crippen molar-refractivity contribution in [3.63, 3.8) is 0 Å². The highest BCUT2D eigenvalue weighted by molar-refractivity contribution is 5.97. The van der Waals surface area contributed by atoms with Gasteiger partial charge in [-0.15, -0.1) is 0 Å². The normalized spacial score (nSPS) is 11.7. The average Bonchev–Trinajstić information content (AvgIpc) is 2.60. The molecule has 5 N–H and O–H groups in total. The Hall–Kier alpha value is -3.30. The maximum absolute atomic E-state index is 13.4. The van der Waals surface area contributed by atoms with Crippen LogP contribution in [0.3, 0.4) is 0 Å². The van der Waals surface area contributed by atoms with Gasteiger partial charge in [-0.25, -0.2) is 14.4 Å². The molecular formula is C17H22FN7O2. The number of hydrogen-bond donors (Lipinski definition) is 4. The summed E-state index contributed by atoms with van der Waals surface area (Å²) in [5.41, 5.74) is 5.73. The van der Waals surface area contributed by atoms with Crippen LogP contribution in [0.4, 0.5) is 21.7 Å². The topological polar surface area (TPSA) is 135 Å². The Kier molecular flexibility index (Phi) is 6.58. The van der Waals surface area contributed by atoms with Gasteiger partial charge in [0, 0.05) is 13.1 Å². The molecule has 1 atom stereocenters. The lowest BCUT2D eigenvalue weighted by Crippen LogP contribution is -2.37. The zero-order valence-electron chi connectivity index (χ0n) is 15.3. The Morgan fingerprint density at radius 3 is 2.59 bits per heavy atom. The Bertz CT molecular complexity index is 829. The van der Waals surface area contributed by atoms with Gasteiger partial charge in [-0.05, 0) is 12.3 Å². The van der Waals surface area contributed by atoms with Crippen LogP contribution in [0.5, 0.6) is 0 Å². The zero-order valence-corrected chi connectivity index (χ0v) is 15.3. The molecule has 0 saturated heterocycles. The summed E-state index contributed by atoms with van der Waals surface area (Å²) >= 11 is 0. The molecule has 2 aromatic rings. The van der Waals surface area contributed by atoms with Crippen LogP contribution in [0.25, 0.3) is 0 Å². The highest BCUT2D eigenvalue weighted by Crippen LogP contribution is 2.20. The first-order chi connectivity index (χ1) is 12.8. The number of nitrogens with two attached hydrogens (primary N) is 1. The molecule has 0 aromatic carbocycles. The number of hydrogen-bond acceptors (Lipinski definition) is 7. The highest BCUT2D eigenvalue weighted by Gasteiger charge is 2.20. The quantitative estimate of drug-likeness (QED) is 0.548. The van der Waals surface area contributed by atoms with Crippen molar-refractivity contribution in [3.05, 3.63) is 36.2 Å². The van der Waals surface area contributed by atoms with Crippen LogP contribution < -0.4 is 21.7 Å². The standard InChI is InChI=1S/C17H22FN7O2/c1-9(2)4-12(15(19)26)24-13-8-22-14(17(27)20-3)16(25-13)23-11-5-10(18)6-21-7-11/h5-9,12H,4H2,1-3H3,(H2,19,26)(H,20,27)(H2,23,24,25)/t12-/m1/s1. The summed E-state index contributed by atoms with van der Waals surface area (Å²) in [5.74, 6) is -0.990. The number of amides is 2. The molecular weight excluding hydrogens is 353 g/mol. The van der Waals surface area contributed by atoms with E-state index in [1.165, 1.54) is 25.5 Å². The van der Waals surface area contributed by atoms with Crippen molar-refractivity contribution in [1.29, 1.82) is 0 Å². The molecule has 2 rings (SSSR count). The number of nitrogens with zero attached hydrogens (tertiary/aromatic N) is 3. The summed E-state index contributed by atoms with van der Waals surface area (Å²) in [6.07, 6.45) is 4.27. The van der Waals surface area contributed by atoms with Crippen LogP contribution in [-0.4, -0.2) is 39.9 Å². The molecule has 2 heterocycles. The predicted molar refractivity (Wildman–Crippen MR) is 99.0 cm³/mol. The van der Waals surface area contributed by atoms with E-state index >= 15 is 0 Å². The van der Waals surface area contributed by atoms with E-state index in [4.69, 9.17) is 5.73 Å². The van der Waals surface area contributed by atoms with E-state index in [9.17, 15) is 14.0 Å². The number of anilines is 3. The van der Waals surface area contributed by atoms with E-state index in [1.54, 1.807) is 0 Å². The van der Waals surface area contributed by atoms with Gasteiger partial charge < -0.3 is 21.7 Å². The third-order valence-corrected chi connectivity index (χ3v) is 3.55. The average molecular weight is 375 g/mol. The van der Waals surface area contributed by atoms with Gasteiger partial charge in [0.05, 0.1) is 24.3 Å². The lowest BCUT2D eigenvalue weighted by atomic mass is 10.0. The van der Waals surface area contributed by atoms with Crippen molar-refractivity contribution in [2.45, 2.75) is 26.3 Å². The van der Waals surface area contributed by atoms with Gasteiger partial charge in [-0.3, -0.25) is 14.6 Å². The summed E-state index contributed by atoms with van der Waals surface area (Å²) in [6, 6.07) is 0.557. The zero-order chi connectivity index (χ0) is 20.0. The second-order valence-electron chi connectivity index (χ2n) is 6.28. The van der Waals surface area contributed by atoms with Crippen LogP contribution in [-0.2, 0) is 4.79 Å². The maximum Gasteiger partial charge on any atom is 0.273 e. The first-order valence-electron chi connectivity index (χ1n) is 8.32. The van der Waals surface area contributed by atoms with Gasteiger partial charge in [0.2, 0.25) is 5.91 Å². The minimum absolute atomic E-state index is 0.00629. The molecule has 0 saturated carbocycles. The summed E-state index contributed by atoms with van der Waals surface area (Å²) < 4.78 is 13.4. The Labute approximate surface area is 156 Å². The fourth-order valence-corrected chi connectivity index (χ4v) is 2.34. The number of carbonyl (C=O) groups is 2. The van der Waals surface area contributed by atoms with Gasteiger partial charge >= 0.3 is 0 Å². The number of pyridine rings is 1. The van der Waals surface area contributed by atoms with Crippen LogP contribution in [0.1, 0.15) is 30.8 Å². The van der Waals surface area contributed by atoms with Crippen LogP contribution in [0.15, 0.2) is 24.7 Å². The molecule has 10 heteroatoms. The van der Waals surface area contributed by atoms with E-state index in [2.05, 4.69) is 30.9 Å². The minimum atomic E-state index is -0.645. The van der Waals surface area contributed by atoms with Crippen molar-refractivity contribution in [2.75, 3.05) is 17.7 Å². The predicted octanol–water partition coefficient (Wildman–Crippen LogP) is 1.43. The number of rotatable bonds is 8. The molecule has 0 bridgehead atoms. The Morgan fingerprint density at radius 1 is 1.26 bits per heavy atom. The van der Waals surface area contributed by atoms with Crippen LogP contribution in [0.2, 0.25) is 0 Å². The molecule has 27 heavy (non-hydrogen) atoms. The largest absolute Gasteiger partial charge is 0.368 e. The van der Waals surface area contributed by atoms with E-state index in [0.29, 0.717) is 12.1 Å². The first kappa shape index (κ1) is 20.0. The number of carbonyl (C=O) groups excluding carboxylic acids is 2. The summed E-state index contributed by atoms with van der Waals surface area (Å²) in [6.45, 7) is 3.92. The third-order valence-electron chi connectivity index (χ3n) is 3.55. The summed E-state index contributed by atoms with van der Waals surface area (Å²) in [7, 11) is 1.45. The van der Waals surface area contributed by atoms with Crippen LogP contribution in [0, 0.1) is 11.7 Å². The molecule has 2 aromatic heterocycles. The van der Waals surface area contributed by atoms with E-state index in [0.717, 1.165) is 6.20 Å². The maximum atomic E-state index is 13.4. The van der Waals surface area contributed by atoms with Crippen molar-refractivity contribution in [1.82, 2.24) is 20.3 Å².